The van der Waals surface area contributed by atoms with Crippen LogP contribution in [0.5, 0.6) is 0 Å². The van der Waals surface area contributed by atoms with Crippen LogP contribution >= 0.6 is 11.8 Å². The Labute approximate surface area is 193 Å². The molecule has 1 unspecified atom stereocenters. The third-order valence-electron chi connectivity index (χ3n) is 5.65. The SMILES string of the molecule is Cc1ccccc1-n1c(SC(C)C(=O)Nc2c(C)cccc2C)nnc1N1CCOCC1. The number of rotatable bonds is 6. The molecule has 0 spiro atoms. The molecule has 1 aliphatic rings. The fourth-order valence-corrected chi connectivity index (χ4v) is 4.64. The lowest BCUT2D eigenvalue weighted by Gasteiger charge is -2.28. The van der Waals surface area contributed by atoms with Crippen LogP contribution in [0, 0.1) is 20.8 Å². The summed E-state index contributed by atoms with van der Waals surface area (Å²) < 4.78 is 7.58. The molecule has 7 nitrogen and oxygen atoms in total. The van der Waals surface area contributed by atoms with Gasteiger partial charge in [-0.2, -0.15) is 0 Å². The van der Waals surface area contributed by atoms with Crippen LogP contribution in [-0.4, -0.2) is 52.2 Å². The molecule has 1 fully saturated rings. The summed E-state index contributed by atoms with van der Waals surface area (Å²) in [7, 11) is 0. The maximum absolute atomic E-state index is 13.0. The Bertz CT molecular complexity index is 1090. The first-order valence-electron chi connectivity index (χ1n) is 10.8. The van der Waals surface area contributed by atoms with E-state index in [1.807, 2.05) is 51.1 Å². The Morgan fingerprint density at radius 3 is 2.34 bits per heavy atom. The number of hydrogen-bond donors (Lipinski definition) is 1. The molecule has 0 saturated carbocycles. The van der Waals surface area contributed by atoms with E-state index in [0.717, 1.165) is 47.1 Å². The van der Waals surface area contributed by atoms with Crippen LogP contribution in [0.2, 0.25) is 0 Å². The number of aromatic nitrogens is 3. The van der Waals surface area contributed by atoms with E-state index in [2.05, 4.69) is 44.0 Å². The number of nitrogens with one attached hydrogen (secondary N) is 1. The van der Waals surface area contributed by atoms with Crippen LogP contribution in [0.1, 0.15) is 23.6 Å². The highest BCUT2D eigenvalue weighted by molar-refractivity contribution is 8.00. The maximum Gasteiger partial charge on any atom is 0.237 e. The molecule has 2 aromatic carbocycles. The third-order valence-corrected chi connectivity index (χ3v) is 6.69. The Kier molecular flexibility index (Phi) is 6.81. The van der Waals surface area contributed by atoms with Gasteiger partial charge in [-0.05, 0) is 50.5 Å². The topological polar surface area (TPSA) is 72.3 Å². The lowest BCUT2D eigenvalue weighted by molar-refractivity contribution is -0.115. The maximum atomic E-state index is 13.0. The van der Waals surface area contributed by atoms with Gasteiger partial charge < -0.3 is 15.0 Å². The summed E-state index contributed by atoms with van der Waals surface area (Å²) in [4.78, 5) is 15.2. The molecular weight excluding hydrogens is 422 g/mol. The minimum atomic E-state index is -0.349. The molecule has 8 heteroatoms. The second-order valence-corrected chi connectivity index (χ2v) is 9.33. The van der Waals surface area contributed by atoms with Crippen molar-refractivity contribution in [3.05, 3.63) is 59.2 Å². The van der Waals surface area contributed by atoms with Crippen molar-refractivity contribution in [1.29, 1.82) is 0 Å². The number of anilines is 2. The van der Waals surface area contributed by atoms with E-state index in [1.54, 1.807) is 0 Å². The van der Waals surface area contributed by atoms with Gasteiger partial charge in [-0.25, -0.2) is 0 Å². The molecule has 1 aliphatic heterocycles. The highest BCUT2D eigenvalue weighted by Crippen LogP contribution is 2.31. The molecular formula is C24H29N5O2S. The van der Waals surface area contributed by atoms with Crippen molar-refractivity contribution in [2.24, 2.45) is 0 Å². The normalized spacial score (nSPS) is 14.9. The van der Waals surface area contributed by atoms with Crippen molar-refractivity contribution in [3.8, 4) is 5.69 Å². The number of amides is 1. The first-order chi connectivity index (χ1) is 15.5. The number of carbonyl (C=O) groups is 1. The molecule has 1 N–H and O–H groups in total. The summed E-state index contributed by atoms with van der Waals surface area (Å²) in [6.07, 6.45) is 0. The number of ether oxygens (including phenoxy) is 1. The van der Waals surface area contributed by atoms with Gasteiger partial charge in [-0.3, -0.25) is 9.36 Å². The minimum absolute atomic E-state index is 0.0559. The minimum Gasteiger partial charge on any atom is -0.378 e. The average molecular weight is 452 g/mol. The number of carbonyl (C=O) groups excluding carboxylic acids is 1. The fraction of sp³-hybridized carbons (Fsp3) is 0.375. The molecule has 2 heterocycles. The molecule has 1 amide bonds. The standard InChI is InChI=1S/C24H29N5O2S/c1-16-8-5-6-11-20(16)29-23(28-12-14-31-15-13-28)26-27-24(29)32-19(4)22(30)25-21-17(2)9-7-10-18(21)3/h5-11,19H,12-15H2,1-4H3,(H,25,30). The zero-order chi connectivity index (χ0) is 22.7. The van der Waals surface area contributed by atoms with Crippen molar-refractivity contribution in [3.63, 3.8) is 0 Å². The summed E-state index contributed by atoms with van der Waals surface area (Å²) in [6.45, 7) is 10.8. The second-order valence-electron chi connectivity index (χ2n) is 8.02. The largest absolute Gasteiger partial charge is 0.378 e. The van der Waals surface area contributed by atoms with E-state index in [1.165, 1.54) is 11.8 Å². The molecule has 1 saturated heterocycles. The Morgan fingerprint density at radius 2 is 1.66 bits per heavy atom. The Balaban J connectivity index is 1.62. The molecule has 1 aromatic heterocycles. The highest BCUT2D eigenvalue weighted by atomic mass is 32.2. The van der Waals surface area contributed by atoms with Gasteiger partial charge in [0.05, 0.1) is 24.2 Å². The van der Waals surface area contributed by atoms with E-state index >= 15 is 0 Å². The molecule has 0 bridgehead atoms. The zero-order valence-electron chi connectivity index (χ0n) is 19.0. The van der Waals surface area contributed by atoms with Gasteiger partial charge in [0.1, 0.15) is 0 Å². The van der Waals surface area contributed by atoms with Crippen LogP contribution in [0.15, 0.2) is 47.6 Å². The second kappa shape index (κ2) is 9.75. The summed E-state index contributed by atoms with van der Waals surface area (Å²) in [5.41, 5.74) is 5.11. The van der Waals surface area contributed by atoms with Gasteiger partial charge in [0, 0.05) is 18.8 Å². The lowest BCUT2D eigenvalue weighted by Crippen LogP contribution is -2.38. The summed E-state index contributed by atoms with van der Waals surface area (Å²) in [5, 5.41) is 12.4. The Hall–Kier alpha value is -2.84. The predicted octanol–water partition coefficient (Wildman–Crippen LogP) is 4.15. The van der Waals surface area contributed by atoms with E-state index in [-0.39, 0.29) is 11.2 Å². The van der Waals surface area contributed by atoms with Crippen LogP contribution in [0.4, 0.5) is 11.6 Å². The quantitative estimate of drug-likeness (QED) is 0.568. The van der Waals surface area contributed by atoms with Gasteiger partial charge >= 0.3 is 0 Å². The number of thioether (sulfide) groups is 1. The molecule has 1 atom stereocenters. The van der Waals surface area contributed by atoms with Crippen molar-refractivity contribution in [2.45, 2.75) is 38.1 Å². The fourth-order valence-electron chi connectivity index (χ4n) is 3.78. The van der Waals surface area contributed by atoms with Crippen molar-refractivity contribution in [1.82, 2.24) is 14.8 Å². The van der Waals surface area contributed by atoms with Crippen LogP contribution in [-0.2, 0) is 9.53 Å². The van der Waals surface area contributed by atoms with E-state index in [9.17, 15) is 4.79 Å². The van der Waals surface area contributed by atoms with Gasteiger partial charge in [-0.15, -0.1) is 10.2 Å². The van der Waals surface area contributed by atoms with Gasteiger partial charge in [0.25, 0.3) is 0 Å². The summed E-state index contributed by atoms with van der Waals surface area (Å²) >= 11 is 1.42. The van der Waals surface area contributed by atoms with Crippen LogP contribution < -0.4 is 10.2 Å². The number of aryl methyl sites for hydroxylation is 3. The highest BCUT2D eigenvalue weighted by Gasteiger charge is 2.25. The zero-order valence-corrected chi connectivity index (χ0v) is 19.8. The Morgan fingerprint density at radius 1 is 1.00 bits per heavy atom. The average Bonchev–Trinajstić information content (AvgIpc) is 3.20. The van der Waals surface area contributed by atoms with Gasteiger partial charge in [-0.1, -0.05) is 48.2 Å². The molecule has 3 aromatic rings. The predicted molar refractivity (Wildman–Crippen MR) is 129 cm³/mol. The number of hydrogen-bond acceptors (Lipinski definition) is 6. The number of benzene rings is 2. The molecule has 0 radical (unpaired) electrons. The molecule has 4 rings (SSSR count). The monoisotopic (exact) mass is 451 g/mol. The number of nitrogens with zero attached hydrogens (tertiary/aromatic N) is 4. The number of para-hydroxylation sites is 2. The van der Waals surface area contributed by atoms with Crippen molar-refractivity contribution >= 4 is 29.3 Å². The molecule has 168 valence electrons. The van der Waals surface area contributed by atoms with Crippen LogP contribution in [0.25, 0.3) is 5.69 Å². The first-order valence-corrected chi connectivity index (χ1v) is 11.7. The molecule has 32 heavy (non-hydrogen) atoms. The third kappa shape index (κ3) is 4.66. The first kappa shape index (κ1) is 22.4. The summed E-state index contributed by atoms with van der Waals surface area (Å²) in [5.74, 6) is 0.729. The van der Waals surface area contributed by atoms with E-state index < -0.39 is 0 Å². The van der Waals surface area contributed by atoms with Gasteiger partial charge in [0.15, 0.2) is 5.16 Å². The smallest absolute Gasteiger partial charge is 0.237 e. The number of morpholine rings is 1. The van der Waals surface area contributed by atoms with Crippen molar-refractivity contribution < 1.29 is 9.53 Å². The lowest BCUT2D eigenvalue weighted by atomic mass is 10.1. The summed E-state index contributed by atoms with van der Waals surface area (Å²) in [6, 6.07) is 14.2. The van der Waals surface area contributed by atoms with Gasteiger partial charge in [0.2, 0.25) is 11.9 Å². The van der Waals surface area contributed by atoms with Crippen molar-refractivity contribution in [2.75, 3.05) is 36.5 Å². The molecule has 0 aliphatic carbocycles. The van der Waals surface area contributed by atoms with E-state index in [0.29, 0.717) is 18.4 Å². The van der Waals surface area contributed by atoms with Crippen LogP contribution in [0.3, 0.4) is 0 Å². The van der Waals surface area contributed by atoms with E-state index in [4.69, 9.17) is 4.74 Å².